The number of hydrogen-bond acceptors (Lipinski definition) is 4. The largest absolute Gasteiger partial charge is 0.452 e. The SMILES string of the molecule is O=C1CCC(C(=O)N(CCN2CCNC2=O)CC2CC=CCC2)O1. The minimum Gasteiger partial charge on any atom is -0.452 e. The second kappa shape index (κ2) is 7.68. The van der Waals surface area contributed by atoms with Crippen molar-refractivity contribution in [2.45, 2.75) is 38.2 Å². The molecule has 7 heteroatoms. The first-order chi connectivity index (χ1) is 11.6. The Morgan fingerprint density at radius 2 is 2.21 bits per heavy atom. The average Bonchev–Trinajstić information content (AvgIpc) is 3.20. The van der Waals surface area contributed by atoms with Gasteiger partial charge in [0.25, 0.3) is 5.91 Å². The van der Waals surface area contributed by atoms with Crippen molar-refractivity contribution in [2.75, 3.05) is 32.7 Å². The molecular weight excluding hydrogens is 310 g/mol. The highest BCUT2D eigenvalue weighted by Gasteiger charge is 2.34. The van der Waals surface area contributed by atoms with E-state index in [0.717, 1.165) is 19.3 Å². The van der Waals surface area contributed by atoms with Crippen LogP contribution in [0.3, 0.4) is 0 Å². The van der Waals surface area contributed by atoms with Crippen molar-refractivity contribution in [3.05, 3.63) is 12.2 Å². The molecule has 2 aliphatic heterocycles. The number of hydrogen-bond donors (Lipinski definition) is 1. The Labute approximate surface area is 142 Å². The molecule has 2 unspecified atom stereocenters. The number of allylic oxidation sites excluding steroid dienone is 2. The lowest BCUT2D eigenvalue weighted by Crippen LogP contribution is -2.46. The quantitative estimate of drug-likeness (QED) is 0.578. The third kappa shape index (κ3) is 4.07. The molecule has 7 nitrogen and oxygen atoms in total. The smallest absolute Gasteiger partial charge is 0.317 e. The minimum absolute atomic E-state index is 0.0738. The first-order valence-electron chi connectivity index (χ1n) is 8.79. The van der Waals surface area contributed by atoms with Crippen LogP contribution in [-0.2, 0) is 14.3 Å². The fourth-order valence-electron chi connectivity index (χ4n) is 3.49. The van der Waals surface area contributed by atoms with Gasteiger partial charge in [0.15, 0.2) is 6.10 Å². The zero-order valence-electron chi connectivity index (χ0n) is 13.9. The van der Waals surface area contributed by atoms with Crippen molar-refractivity contribution in [1.82, 2.24) is 15.1 Å². The number of amides is 3. The highest BCUT2D eigenvalue weighted by atomic mass is 16.6. The van der Waals surface area contributed by atoms with E-state index in [0.29, 0.717) is 51.5 Å². The van der Waals surface area contributed by atoms with Crippen LogP contribution >= 0.6 is 0 Å². The number of urea groups is 1. The van der Waals surface area contributed by atoms with Gasteiger partial charge in [0.05, 0.1) is 0 Å². The van der Waals surface area contributed by atoms with Gasteiger partial charge in [-0.05, 0) is 25.2 Å². The fourth-order valence-corrected chi connectivity index (χ4v) is 3.49. The summed E-state index contributed by atoms with van der Waals surface area (Å²) in [6, 6.07) is -0.0738. The summed E-state index contributed by atoms with van der Waals surface area (Å²) in [5, 5.41) is 2.77. The summed E-state index contributed by atoms with van der Waals surface area (Å²) in [6.07, 6.45) is 7.54. The van der Waals surface area contributed by atoms with E-state index in [1.807, 2.05) is 0 Å². The van der Waals surface area contributed by atoms with Crippen LogP contribution in [0, 0.1) is 5.92 Å². The molecule has 2 fully saturated rings. The summed E-state index contributed by atoms with van der Waals surface area (Å²) in [7, 11) is 0. The molecule has 1 aliphatic carbocycles. The van der Waals surface area contributed by atoms with E-state index >= 15 is 0 Å². The van der Waals surface area contributed by atoms with Crippen LogP contribution in [0.4, 0.5) is 4.79 Å². The molecule has 2 heterocycles. The Morgan fingerprint density at radius 3 is 2.83 bits per heavy atom. The Hall–Kier alpha value is -2.05. The summed E-state index contributed by atoms with van der Waals surface area (Å²) in [4.78, 5) is 39.3. The zero-order chi connectivity index (χ0) is 16.9. The van der Waals surface area contributed by atoms with Crippen molar-refractivity contribution in [2.24, 2.45) is 5.92 Å². The van der Waals surface area contributed by atoms with E-state index in [1.165, 1.54) is 0 Å². The molecule has 2 atom stereocenters. The molecule has 24 heavy (non-hydrogen) atoms. The van der Waals surface area contributed by atoms with E-state index in [2.05, 4.69) is 17.5 Å². The van der Waals surface area contributed by atoms with Crippen molar-refractivity contribution < 1.29 is 19.1 Å². The molecule has 2 saturated heterocycles. The van der Waals surface area contributed by atoms with Crippen LogP contribution in [0.5, 0.6) is 0 Å². The highest BCUT2D eigenvalue weighted by Crippen LogP contribution is 2.22. The van der Waals surface area contributed by atoms with E-state index in [9.17, 15) is 14.4 Å². The number of carbonyl (C=O) groups excluding carboxylic acids is 3. The first-order valence-corrected chi connectivity index (χ1v) is 8.79. The molecule has 3 amide bonds. The third-order valence-electron chi connectivity index (χ3n) is 4.91. The zero-order valence-corrected chi connectivity index (χ0v) is 13.9. The monoisotopic (exact) mass is 335 g/mol. The van der Waals surface area contributed by atoms with Gasteiger partial charge >= 0.3 is 12.0 Å². The molecule has 0 aromatic carbocycles. The number of cyclic esters (lactones) is 1. The van der Waals surface area contributed by atoms with Gasteiger partial charge in [0, 0.05) is 45.6 Å². The Bertz CT molecular complexity index is 534. The molecule has 132 valence electrons. The molecule has 0 aromatic heterocycles. The van der Waals surface area contributed by atoms with Crippen molar-refractivity contribution in [3.8, 4) is 0 Å². The molecular formula is C17H25N3O4. The molecule has 3 aliphatic rings. The van der Waals surface area contributed by atoms with Crippen LogP contribution in [-0.4, -0.2) is 66.5 Å². The summed E-state index contributed by atoms with van der Waals surface area (Å²) in [5.74, 6) is 0.0197. The van der Waals surface area contributed by atoms with Crippen LogP contribution in [0.2, 0.25) is 0 Å². The van der Waals surface area contributed by atoms with Crippen molar-refractivity contribution in [3.63, 3.8) is 0 Å². The van der Waals surface area contributed by atoms with E-state index < -0.39 is 6.10 Å². The summed E-state index contributed by atoms with van der Waals surface area (Å²) < 4.78 is 5.15. The van der Waals surface area contributed by atoms with Gasteiger partial charge in [-0.25, -0.2) is 4.79 Å². The van der Waals surface area contributed by atoms with Crippen LogP contribution in [0.1, 0.15) is 32.1 Å². The summed E-state index contributed by atoms with van der Waals surface area (Å²) in [5.41, 5.74) is 0. The Kier molecular flexibility index (Phi) is 5.37. The fraction of sp³-hybridized carbons (Fsp3) is 0.706. The second-order valence-electron chi connectivity index (χ2n) is 6.67. The lowest BCUT2D eigenvalue weighted by molar-refractivity contribution is -0.153. The number of rotatable bonds is 6. The van der Waals surface area contributed by atoms with Crippen molar-refractivity contribution >= 4 is 17.9 Å². The van der Waals surface area contributed by atoms with Gasteiger partial charge in [-0.2, -0.15) is 0 Å². The summed E-state index contributed by atoms with van der Waals surface area (Å²) >= 11 is 0. The predicted octanol–water partition coefficient (Wildman–Crippen LogP) is 0.902. The van der Waals surface area contributed by atoms with Gasteiger partial charge in [-0.1, -0.05) is 12.2 Å². The van der Waals surface area contributed by atoms with Crippen LogP contribution < -0.4 is 5.32 Å². The molecule has 3 rings (SSSR count). The second-order valence-corrected chi connectivity index (χ2v) is 6.67. The normalized spacial score (nSPS) is 26.4. The number of esters is 1. The topological polar surface area (TPSA) is 79.0 Å². The first kappa shape index (κ1) is 16.8. The number of ether oxygens (including phenoxy) is 1. The number of nitrogens with zero attached hydrogens (tertiary/aromatic N) is 2. The van der Waals surface area contributed by atoms with Crippen LogP contribution in [0.15, 0.2) is 12.2 Å². The maximum absolute atomic E-state index is 12.8. The Morgan fingerprint density at radius 1 is 1.33 bits per heavy atom. The van der Waals surface area contributed by atoms with E-state index in [1.54, 1.807) is 9.80 Å². The minimum atomic E-state index is -0.649. The number of nitrogens with one attached hydrogen (secondary N) is 1. The molecule has 0 spiro atoms. The van der Waals surface area contributed by atoms with E-state index in [4.69, 9.17) is 4.74 Å². The molecule has 0 bridgehead atoms. The van der Waals surface area contributed by atoms with Crippen molar-refractivity contribution in [1.29, 1.82) is 0 Å². The van der Waals surface area contributed by atoms with Gasteiger partial charge in [0.2, 0.25) is 0 Å². The molecule has 0 aromatic rings. The van der Waals surface area contributed by atoms with Gasteiger partial charge in [0.1, 0.15) is 0 Å². The van der Waals surface area contributed by atoms with Gasteiger partial charge < -0.3 is 19.9 Å². The molecule has 0 radical (unpaired) electrons. The van der Waals surface area contributed by atoms with Crippen LogP contribution in [0.25, 0.3) is 0 Å². The van der Waals surface area contributed by atoms with E-state index in [-0.39, 0.29) is 17.9 Å². The Balaban J connectivity index is 1.60. The third-order valence-corrected chi connectivity index (χ3v) is 4.91. The number of carbonyl (C=O) groups is 3. The lowest BCUT2D eigenvalue weighted by Gasteiger charge is -2.31. The standard InChI is InChI=1S/C17H25N3O4/c21-15-7-6-14(24-15)16(22)20(12-13-4-2-1-3-5-13)11-10-19-9-8-18-17(19)23/h1-2,13-14H,3-12H2,(H,18,23). The lowest BCUT2D eigenvalue weighted by atomic mass is 9.93. The van der Waals surface area contributed by atoms with Gasteiger partial charge in [-0.15, -0.1) is 0 Å². The molecule has 1 N–H and O–H groups in total. The highest BCUT2D eigenvalue weighted by molar-refractivity contribution is 5.86. The summed E-state index contributed by atoms with van der Waals surface area (Å²) in [6.45, 7) is 2.99. The maximum atomic E-state index is 12.8. The molecule has 0 saturated carbocycles. The maximum Gasteiger partial charge on any atom is 0.317 e. The predicted molar refractivity (Wildman–Crippen MR) is 87.1 cm³/mol. The van der Waals surface area contributed by atoms with Gasteiger partial charge in [-0.3, -0.25) is 9.59 Å². The average molecular weight is 335 g/mol.